The highest BCUT2D eigenvalue weighted by atomic mass is 27.2. The molecule has 1 nitrogen and oxygen atoms in total. The van der Waals surface area contributed by atoms with Crippen LogP contribution in [-0.2, 0) is 0 Å². The second-order valence-electron chi connectivity index (χ2n) is 4.70. The van der Waals surface area contributed by atoms with Crippen LogP contribution in [0.3, 0.4) is 0 Å². The van der Waals surface area contributed by atoms with Crippen molar-refractivity contribution in [3.63, 3.8) is 0 Å². The molecule has 1 saturated heterocycles. The SMILES string of the molecule is CCCCC1C[CH2][Al]([N](CC)CC)[CH2]1. The largest absolute Gasteiger partial charge is 0.385 e. The average molecular weight is 211 g/mol. The standard InChI is InChI=1S/C8H16.C4H10N.Al/c1-4-6-7-8(3)5-2;1-3-5-4-2;/h8H,2-7H2,1H3;3-4H2,1-2H3;/q;-1;+1. The average Bonchev–Trinajstić information content (AvgIpc) is 2.65. The third-order valence-corrected chi connectivity index (χ3v) is 7.78. The van der Waals surface area contributed by atoms with Crippen LogP contribution in [-0.4, -0.2) is 31.3 Å². The van der Waals surface area contributed by atoms with Gasteiger partial charge in [-0.15, -0.1) is 0 Å². The van der Waals surface area contributed by atoms with Crippen molar-refractivity contribution in [2.24, 2.45) is 5.92 Å². The molecule has 1 fully saturated rings. The molecule has 14 heavy (non-hydrogen) atoms. The maximum Gasteiger partial charge on any atom is 0.372 e. The van der Waals surface area contributed by atoms with Crippen molar-refractivity contribution >= 4 is 14.4 Å². The maximum absolute atomic E-state index is 2.78. The molecule has 0 aromatic carbocycles. The Balaban J connectivity index is 2.25. The highest BCUT2D eigenvalue weighted by Gasteiger charge is 2.33. The van der Waals surface area contributed by atoms with Gasteiger partial charge in [0.1, 0.15) is 0 Å². The molecule has 1 rings (SSSR count). The van der Waals surface area contributed by atoms with Gasteiger partial charge in [-0.1, -0.05) is 62.9 Å². The van der Waals surface area contributed by atoms with Crippen LogP contribution in [0, 0.1) is 5.92 Å². The third kappa shape index (κ3) is 3.57. The van der Waals surface area contributed by atoms with Gasteiger partial charge in [-0.25, -0.2) is 0 Å². The summed E-state index contributed by atoms with van der Waals surface area (Å²) in [5, 5.41) is 3.21. The van der Waals surface area contributed by atoms with Gasteiger partial charge in [-0.2, -0.15) is 0 Å². The third-order valence-electron chi connectivity index (χ3n) is 3.81. The van der Waals surface area contributed by atoms with Gasteiger partial charge in [0.25, 0.3) is 0 Å². The molecule has 0 saturated carbocycles. The maximum atomic E-state index is 2.78. The summed E-state index contributed by atoms with van der Waals surface area (Å²) in [6, 6.07) is 0. The molecule has 1 heterocycles. The second-order valence-corrected chi connectivity index (χ2v) is 7.78. The van der Waals surface area contributed by atoms with Crippen LogP contribution >= 0.6 is 0 Å². The zero-order valence-corrected chi connectivity index (χ0v) is 11.4. The monoisotopic (exact) mass is 211 g/mol. The summed E-state index contributed by atoms with van der Waals surface area (Å²) in [5.41, 5.74) is 0. The molecule has 1 atom stereocenters. The van der Waals surface area contributed by atoms with Crippen LogP contribution in [0.2, 0.25) is 10.6 Å². The summed E-state index contributed by atoms with van der Waals surface area (Å²) < 4.78 is 2.78. The summed E-state index contributed by atoms with van der Waals surface area (Å²) in [7, 11) is 0. The minimum Gasteiger partial charge on any atom is -0.385 e. The predicted octanol–water partition coefficient (Wildman–Crippen LogP) is 3.53. The lowest BCUT2D eigenvalue weighted by molar-refractivity contribution is 0.473. The first-order chi connectivity index (χ1) is 6.81. The molecule has 0 aromatic rings. The molecular formula is C12H26AlN. The van der Waals surface area contributed by atoms with E-state index < -0.39 is 14.4 Å². The Kier molecular flexibility index (Phi) is 6.17. The molecule has 2 heteroatoms. The van der Waals surface area contributed by atoms with E-state index in [0.717, 1.165) is 5.92 Å². The summed E-state index contributed by atoms with van der Waals surface area (Å²) in [5.74, 6) is 1.10. The highest BCUT2D eigenvalue weighted by molar-refractivity contribution is 6.56. The molecule has 82 valence electrons. The van der Waals surface area contributed by atoms with E-state index in [1.54, 1.807) is 17.0 Å². The van der Waals surface area contributed by atoms with Gasteiger partial charge in [-0.05, 0) is 13.1 Å². The van der Waals surface area contributed by atoms with Crippen LogP contribution in [0.15, 0.2) is 0 Å². The minimum atomic E-state index is -0.463. The topological polar surface area (TPSA) is 3.24 Å². The molecule has 1 unspecified atom stereocenters. The first-order valence-electron chi connectivity index (χ1n) is 6.55. The Morgan fingerprint density at radius 3 is 2.50 bits per heavy atom. The normalized spacial score (nSPS) is 22.3. The van der Waals surface area contributed by atoms with Crippen LogP contribution in [0.4, 0.5) is 0 Å². The van der Waals surface area contributed by atoms with E-state index in [1.165, 1.54) is 32.4 Å². The van der Waals surface area contributed by atoms with E-state index in [4.69, 9.17) is 0 Å². The number of unbranched alkanes of at least 4 members (excludes halogenated alkanes) is 1. The number of hydrogen-bond donors (Lipinski definition) is 0. The van der Waals surface area contributed by atoms with E-state index in [-0.39, 0.29) is 0 Å². The van der Waals surface area contributed by atoms with Crippen LogP contribution in [0.5, 0.6) is 0 Å². The predicted molar refractivity (Wildman–Crippen MR) is 65.9 cm³/mol. The zero-order valence-electron chi connectivity index (χ0n) is 10.3. The van der Waals surface area contributed by atoms with Gasteiger partial charge in [0.05, 0.1) is 0 Å². The Bertz CT molecular complexity index is 145. The smallest absolute Gasteiger partial charge is 0.372 e. The number of nitrogens with zero attached hydrogens (tertiary/aromatic N) is 1. The Morgan fingerprint density at radius 1 is 1.21 bits per heavy atom. The molecule has 0 N–H and O–H groups in total. The fourth-order valence-electron chi connectivity index (χ4n) is 2.88. The second kappa shape index (κ2) is 6.88. The van der Waals surface area contributed by atoms with Crippen molar-refractivity contribution in [3.8, 4) is 0 Å². The molecule has 1 aliphatic heterocycles. The van der Waals surface area contributed by atoms with Gasteiger partial charge in [0.15, 0.2) is 0 Å². The lowest BCUT2D eigenvalue weighted by Crippen LogP contribution is -2.36. The molecular weight excluding hydrogens is 185 g/mol. The van der Waals surface area contributed by atoms with Crippen LogP contribution in [0.1, 0.15) is 46.5 Å². The first-order valence-corrected chi connectivity index (χ1v) is 8.70. The molecule has 1 aliphatic rings. The van der Waals surface area contributed by atoms with E-state index in [0.29, 0.717) is 0 Å². The van der Waals surface area contributed by atoms with Gasteiger partial charge in [0.2, 0.25) is 0 Å². The van der Waals surface area contributed by atoms with Gasteiger partial charge >= 0.3 is 14.4 Å². The van der Waals surface area contributed by atoms with Gasteiger partial charge in [0, 0.05) is 0 Å². The van der Waals surface area contributed by atoms with Crippen LogP contribution in [0.25, 0.3) is 0 Å². The van der Waals surface area contributed by atoms with Crippen molar-refractivity contribution in [2.45, 2.75) is 57.0 Å². The molecule has 0 aliphatic carbocycles. The minimum absolute atomic E-state index is 0.463. The molecule has 0 amide bonds. The van der Waals surface area contributed by atoms with E-state index in [9.17, 15) is 0 Å². The molecule has 0 spiro atoms. The summed E-state index contributed by atoms with van der Waals surface area (Å²) in [4.78, 5) is 0. The van der Waals surface area contributed by atoms with Gasteiger partial charge < -0.3 is 3.88 Å². The molecule has 0 aromatic heterocycles. The van der Waals surface area contributed by atoms with E-state index >= 15 is 0 Å². The van der Waals surface area contributed by atoms with Crippen molar-refractivity contribution in [1.29, 1.82) is 0 Å². The Hall–Kier alpha value is 0.492. The lowest BCUT2D eigenvalue weighted by atomic mass is 10.0. The van der Waals surface area contributed by atoms with E-state index in [1.807, 2.05) is 0 Å². The highest BCUT2D eigenvalue weighted by Crippen LogP contribution is 2.31. The Labute approximate surface area is 94.5 Å². The number of hydrogen-bond acceptors (Lipinski definition) is 1. The van der Waals surface area contributed by atoms with Crippen LogP contribution < -0.4 is 0 Å². The van der Waals surface area contributed by atoms with Crippen molar-refractivity contribution in [1.82, 2.24) is 3.88 Å². The molecule has 0 bridgehead atoms. The first kappa shape index (κ1) is 12.6. The van der Waals surface area contributed by atoms with Gasteiger partial charge in [-0.3, -0.25) is 0 Å². The quantitative estimate of drug-likeness (QED) is 0.607. The fraction of sp³-hybridized carbons (Fsp3) is 1.00. The number of rotatable bonds is 6. The lowest BCUT2D eigenvalue weighted by Gasteiger charge is -2.22. The van der Waals surface area contributed by atoms with Crippen molar-refractivity contribution < 1.29 is 0 Å². The summed E-state index contributed by atoms with van der Waals surface area (Å²) in [6.07, 6.45) is 5.91. The summed E-state index contributed by atoms with van der Waals surface area (Å²) in [6.45, 7) is 9.57. The summed E-state index contributed by atoms with van der Waals surface area (Å²) >= 11 is -0.463. The Morgan fingerprint density at radius 2 is 1.93 bits per heavy atom. The zero-order chi connectivity index (χ0) is 10.4. The fourth-order valence-corrected chi connectivity index (χ4v) is 6.90. The molecule has 0 radical (unpaired) electrons. The van der Waals surface area contributed by atoms with Crippen molar-refractivity contribution in [2.75, 3.05) is 13.1 Å². The van der Waals surface area contributed by atoms with E-state index in [2.05, 4.69) is 24.7 Å². The van der Waals surface area contributed by atoms with Crippen molar-refractivity contribution in [3.05, 3.63) is 0 Å².